The Morgan fingerprint density at radius 2 is 1.79 bits per heavy atom. The molecular formula is C18H16F4InNO3S. The molecule has 2 aromatic carbocycles. The first-order valence-electron chi connectivity index (χ1n) is 8.25. The van der Waals surface area contributed by atoms with Gasteiger partial charge in [-0.05, 0) is 0 Å². The zero-order chi connectivity index (χ0) is 20.7. The Hall–Kier alpha value is -1.55. The number of nitrogens with zero attached hydrogens (tertiary/aromatic N) is 1. The van der Waals surface area contributed by atoms with Crippen LogP contribution in [0.4, 0.5) is 17.6 Å². The van der Waals surface area contributed by atoms with Crippen molar-refractivity contribution in [1.29, 1.82) is 0 Å². The van der Waals surface area contributed by atoms with Gasteiger partial charge in [0.05, 0.1) is 0 Å². The van der Waals surface area contributed by atoms with Crippen LogP contribution in [0.3, 0.4) is 0 Å². The zero-order valence-corrected chi connectivity index (χ0v) is 19.1. The summed E-state index contributed by atoms with van der Waals surface area (Å²) in [4.78, 5) is 0.584. The molecule has 1 unspecified atom stereocenters. The number of alkyl halides is 3. The molecule has 4 nitrogen and oxygen atoms in total. The number of hydrogen-bond acceptors (Lipinski definition) is 4. The Labute approximate surface area is 167 Å². The van der Waals surface area contributed by atoms with Gasteiger partial charge in [0, 0.05) is 0 Å². The molecule has 148 valence electrons. The van der Waals surface area contributed by atoms with E-state index in [-0.39, 0.29) is 14.8 Å². The summed E-state index contributed by atoms with van der Waals surface area (Å²) >= 11 is -3.60. The van der Waals surface area contributed by atoms with Gasteiger partial charge in [0.1, 0.15) is 0 Å². The Balaban J connectivity index is 2.25. The molecule has 1 aliphatic rings. The van der Waals surface area contributed by atoms with Gasteiger partial charge in [0.15, 0.2) is 0 Å². The average Bonchev–Trinajstić information content (AvgIpc) is 3.04. The molecule has 2 aromatic rings. The molecular weight excluding hydrogens is 501 g/mol. The molecule has 1 aliphatic heterocycles. The van der Waals surface area contributed by atoms with Crippen LogP contribution in [0.25, 0.3) is 0 Å². The predicted octanol–water partition coefficient (Wildman–Crippen LogP) is 2.88. The first-order chi connectivity index (χ1) is 13.0. The van der Waals surface area contributed by atoms with Crippen LogP contribution in [0.2, 0.25) is 4.18 Å². The summed E-state index contributed by atoms with van der Waals surface area (Å²) in [6, 6.07) is 12.2. The second-order valence-electron chi connectivity index (χ2n) is 6.57. The van der Waals surface area contributed by atoms with Crippen LogP contribution < -0.4 is 8.06 Å². The molecule has 0 spiro atoms. The van der Waals surface area contributed by atoms with E-state index in [0.717, 1.165) is 6.07 Å². The molecule has 0 aromatic heterocycles. The normalized spacial score (nSPS) is 20.2. The van der Waals surface area contributed by atoms with E-state index in [1.165, 1.54) is 19.2 Å². The maximum absolute atomic E-state index is 14.2. The SMILES string of the molecule is COc1ccc([C]2=NC(C(F)(F)F)(S(C)(=O)=O)[CH2][In]2[c]2ccccc2)cc1F. The summed E-state index contributed by atoms with van der Waals surface area (Å²) < 4.78 is 85.5. The van der Waals surface area contributed by atoms with Crippen molar-refractivity contribution in [1.82, 2.24) is 0 Å². The van der Waals surface area contributed by atoms with Gasteiger partial charge in [-0.3, -0.25) is 0 Å². The summed E-state index contributed by atoms with van der Waals surface area (Å²) in [6.45, 7) is 0. The molecule has 1 atom stereocenters. The van der Waals surface area contributed by atoms with Crippen molar-refractivity contribution in [3.63, 3.8) is 0 Å². The van der Waals surface area contributed by atoms with Gasteiger partial charge in [-0.2, -0.15) is 0 Å². The quantitative estimate of drug-likeness (QED) is 0.587. The fourth-order valence-corrected chi connectivity index (χ4v) is 17.7. The van der Waals surface area contributed by atoms with Crippen molar-refractivity contribution in [2.24, 2.45) is 4.99 Å². The Morgan fingerprint density at radius 1 is 1.14 bits per heavy atom. The van der Waals surface area contributed by atoms with Crippen molar-refractivity contribution in [3.8, 4) is 5.75 Å². The van der Waals surface area contributed by atoms with Gasteiger partial charge >= 0.3 is 168 Å². The minimum atomic E-state index is -5.07. The number of sulfone groups is 1. The molecule has 0 saturated heterocycles. The second-order valence-corrected chi connectivity index (χ2v) is 16.6. The van der Waals surface area contributed by atoms with Crippen molar-refractivity contribution < 1.29 is 30.7 Å². The standard InChI is InChI=1S/C12H11F4NO3S.C6H5.In/c1-11(12(14,15)16,21(3,18)19)17-7-8-4-5-10(20-2)9(13)6-8;1-2-4-6-5-3-1;/h4-6H,1H2,2-3H3;1-5H;. The molecule has 0 aliphatic carbocycles. The number of benzene rings is 2. The van der Waals surface area contributed by atoms with E-state index in [4.69, 9.17) is 4.74 Å². The summed E-state index contributed by atoms with van der Waals surface area (Å²) in [5.74, 6) is -0.802. The van der Waals surface area contributed by atoms with Crippen molar-refractivity contribution in [2.45, 2.75) is 15.2 Å². The number of methoxy groups -OCH3 is 1. The summed E-state index contributed by atoms with van der Waals surface area (Å²) in [6.07, 6.45) is -4.52. The summed E-state index contributed by atoms with van der Waals surface area (Å²) in [5.41, 5.74) is 0.165. The average molecular weight is 517 g/mol. The number of hydrogen-bond donors (Lipinski definition) is 0. The molecule has 0 saturated carbocycles. The van der Waals surface area contributed by atoms with Gasteiger partial charge in [-0.25, -0.2) is 0 Å². The first kappa shape index (κ1) is 21.2. The van der Waals surface area contributed by atoms with Crippen molar-refractivity contribution in [2.75, 3.05) is 13.4 Å². The number of rotatable bonds is 4. The maximum atomic E-state index is 14.2. The molecule has 0 bridgehead atoms. The van der Waals surface area contributed by atoms with E-state index in [1.54, 1.807) is 30.3 Å². The summed E-state index contributed by atoms with van der Waals surface area (Å²) in [5, 5.41) is 0. The van der Waals surface area contributed by atoms with Crippen LogP contribution >= 0.6 is 0 Å². The third-order valence-electron chi connectivity index (χ3n) is 4.82. The van der Waals surface area contributed by atoms with Gasteiger partial charge in [-0.1, -0.05) is 0 Å². The minimum absolute atomic E-state index is 0.0565. The van der Waals surface area contributed by atoms with Gasteiger partial charge in [0.25, 0.3) is 0 Å². The number of aliphatic imine (C=N–C) groups is 1. The molecule has 10 heteroatoms. The Bertz CT molecular complexity index is 1020. The fourth-order valence-electron chi connectivity index (χ4n) is 3.37. The molecule has 1 heterocycles. The van der Waals surface area contributed by atoms with E-state index in [9.17, 15) is 26.0 Å². The van der Waals surface area contributed by atoms with Crippen LogP contribution in [-0.2, 0) is 9.84 Å². The molecule has 0 N–H and O–H groups in total. The van der Waals surface area contributed by atoms with Gasteiger partial charge in [0.2, 0.25) is 0 Å². The monoisotopic (exact) mass is 517 g/mol. The third-order valence-corrected chi connectivity index (χ3v) is 16.8. The second kappa shape index (κ2) is 7.37. The van der Waals surface area contributed by atoms with Crippen LogP contribution in [0, 0.1) is 5.82 Å². The first-order valence-corrected chi connectivity index (χ1v) is 15.8. The molecule has 0 radical (unpaired) electrons. The van der Waals surface area contributed by atoms with Gasteiger partial charge < -0.3 is 0 Å². The van der Waals surface area contributed by atoms with E-state index < -0.39 is 52.3 Å². The third kappa shape index (κ3) is 3.56. The Kier molecular flexibility index (Phi) is 5.57. The van der Waals surface area contributed by atoms with Crippen LogP contribution in [0.1, 0.15) is 5.56 Å². The molecule has 0 fully saturated rings. The van der Waals surface area contributed by atoms with E-state index >= 15 is 0 Å². The van der Waals surface area contributed by atoms with Crippen molar-refractivity contribution in [3.05, 3.63) is 59.9 Å². The van der Waals surface area contributed by atoms with Crippen LogP contribution in [0.15, 0.2) is 53.5 Å². The van der Waals surface area contributed by atoms with E-state index in [1.807, 2.05) is 0 Å². The predicted molar refractivity (Wildman–Crippen MR) is 99.8 cm³/mol. The van der Waals surface area contributed by atoms with Crippen molar-refractivity contribution >= 4 is 38.1 Å². The molecule has 0 amide bonds. The van der Waals surface area contributed by atoms with Crippen LogP contribution in [0.5, 0.6) is 5.75 Å². The van der Waals surface area contributed by atoms with E-state index in [0.29, 0.717) is 9.58 Å². The van der Waals surface area contributed by atoms with Gasteiger partial charge in [-0.15, -0.1) is 0 Å². The van der Waals surface area contributed by atoms with Crippen LogP contribution in [-0.4, -0.2) is 57.7 Å². The number of halogens is 4. The number of ether oxygens (including phenoxy) is 1. The zero-order valence-electron chi connectivity index (χ0n) is 15.0. The Morgan fingerprint density at radius 3 is 2.29 bits per heavy atom. The summed E-state index contributed by atoms with van der Waals surface area (Å²) in [7, 11) is -3.33. The van der Waals surface area contributed by atoms with E-state index in [2.05, 4.69) is 4.99 Å². The molecule has 3 rings (SSSR count). The topological polar surface area (TPSA) is 55.7 Å². The fraction of sp³-hybridized carbons (Fsp3) is 0.278. The molecule has 28 heavy (non-hydrogen) atoms.